The minimum Gasteiger partial charge on any atom is -0.497 e. The number of amides is 1. The maximum Gasteiger partial charge on any atom is 0.296 e. The van der Waals surface area contributed by atoms with Gasteiger partial charge in [-0.1, -0.05) is 29.1 Å². The standard InChI is InChI=1S/C23H24N6O4S/c1-4-29-21(22-25-20(28-33-22)16-8-10-17(31-2)11-9-16)26-27-23(29)34-14-19(30)24-13-15-6-5-7-18(12-15)32-3/h5-12H,4,13-14H2,1-3H3,(H,24,30). The molecule has 0 spiro atoms. The fourth-order valence-electron chi connectivity index (χ4n) is 3.17. The van der Waals surface area contributed by atoms with E-state index in [-0.39, 0.29) is 17.6 Å². The van der Waals surface area contributed by atoms with E-state index in [0.717, 1.165) is 22.6 Å². The SMILES string of the molecule is CCn1c(SCC(=O)NCc2cccc(OC)c2)nnc1-c1nc(-c2ccc(OC)cc2)no1. The van der Waals surface area contributed by atoms with Gasteiger partial charge in [0.2, 0.25) is 17.6 Å². The summed E-state index contributed by atoms with van der Waals surface area (Å²) in [5.41, 5.74) is 1.75. The monoisotopic (exact) mass is 480 g/mol. The van der Waals surface area contributed by atoms with Gasteiger partial charge in [0.05, 0.1) is 20.0 Å². The Hall–Kier alpha value is -3.86. The molecule has 176 valence electrons. The number of rotatable bonds is 10. The van der Waals surface area contributed by atoms with Crippen LogP contribution in [-0.2, 0) is 17.9 Å². The lowest BCUT2D eigenvalue weighted by molar-refractivity contribution is -0.118. The Morgan fingerprint density at radius 2 is 1.88 bits per heavy atom. The van der Waals surface area contributed by atoms with Gasteiger partial charge in [-0.05, 0) is 48.9 Å². The van der Waals surface area contributed by atoms with E-state index in [0.29, 0.717) is 29.9 Å². The van der Waals surface area contributed by atoms with Crippen molar-refractivity contribution < 1.29 is 18.8 Å². The molecular weight excluding hydrogens is 456 g/mol. The van der Waals surface area contributed by atoms with Crippen LogP contribution in [0.5, 0.6) is 11.5 Å². The van der Waals surface area contributed by atoms with E-state index in [1.54, 1.807) is 14.2 Å². The van der Waals surface area contributed by atoms with E-state index in [4.69, 9.17) is 14.0 Å². The van der Waals surface area contributed by atoms with Gasteiger partial charge in [-0.15, -0.1) is 10.2 Å². The number of hydrogen-bond acceptors (Lipinski definition) is 9. The number of ether oxygens (including phenoxy) is 2. The molecule has 2 aromatic heterocycles. The molecule has 1 amide bonds. The van der Waals surface area contributed by atoms with Gasteiger partial charge in [0, 0.05) is 18.7 Å². The van der Waals surface area contributed by atoms with Crippen LogP contribution in [0.1, 0.15) is 12.5 Å². The second-order valence-electron chi connectivity index (χ2n) is 7.12. The normalized spacial score (nSPS) is 10.8. The molecule has 0 aliphatic rings. The van der Waals surface area contributed by atoms with Crippen molar-refractivity contribution in [2.45, 2.75) is 25.2 Å². The van der Waals surface area contributed by atoms with Crippen LogP contribution in [0.4, 0.5) is 0 Å². The Morgan fingerprint density at radius 3 is 2.62 bits per heavy atom. The summed E-state index contributed by atoms with van der Waals surface area (Å²) in [6.45, 7) is 2.95. The van der Waals surface area contributed by atoms with Crippen molar-refractivity contribution in [1.82, 2.24) is 30.2 Å². The second kappa shape index (κ2) is 10.8. The van der Waals surface area contributed by atoms with Crippen molar-refractivity contribution >= 4 is 17.7 Å². The molecule has 0 aliphatic heterocycles. The molecule has 0 radical (unpaired) electrons. The van der Waals surface area contributed by atoms with Gasteiger partial charge in [-0.3, -0.25) is 9.36 Å². The number of methoxy groups -OCH3 is 2. The van der Waals surface area contributed by atoms with Gasteiger partial charge in [-0.25, -0.2) is 0 Å². The zero-order valence-electron chi connectivity index (χ0n) is 19.0. The quantitative estimate of drug-likeness (QED) is 0.341. The molecule has 0 aliphatic carbocycles. The lowest BCUT2D eigenvalue weighted by atomic mass is 10.2. The van der Waals surface area contributed by atoms with Gasteiger partial charge in [0.15, 0.2) is 5.16 Å². The minimum atomic E-state index is -0.111. The predicted molar refractivity (Wildman–Crippen MR) is 127 cm³/mol. The Kier molecular flexibility index (Phi) is 7.43. The number of benzene rings is 2. The Morgan fingerprint density at radius 1 is 1.09 bits per heavy atom. The fraction of sp³-hybridized carbons (Fsp3) is 0.261. The molecule has 2 heterocycles. The summed E-state index contributed by atoms with van der Waals surface area (Å²) >= 11 is 1.29. The van der Waals surface area contributed by atoms with Crippen LogP contribution in [0, 0.1) is 0 Å². The number of nitrogens with zero attached hydrogens (tertiary/aromatic N) is 5. The number of carbonyl (C=O) groups excluding carboxylic acids is 1. The lowest BCUT2D eigenvalue weighted by Gasteiger charge is -2.07. The topological polar surface area (TPSA) is 117 Å². The van der Waals surface area contributed by atoms with Crippen molar-refractivity contribution in [3.05, 3.63) is 54.1 Å². The molecule has 4 aromatic rings. The summed E-state index contributed by atoms with van der Waals surface area (Å²) in [7, 11) is 3.22. The molecule has 2 aromatic carbocycles. The van der Waals surface area contributed by atoms with E-state index in [9.17, 15) is 4.79 Å². The van der Waals surface area contributed by atoms with Crippen LogP contribution in [0.15, 0.2) is 58.2 Å². The van der Waals surface area contributed by atoms with Crippen LogP contribution in [-0.4, -0.2) is 50.8 Å². The number of hydrogen-bond donors (Lipinski definition) is 1. The number of carbonyl (C=O) groups is 1. The van der Waals surface area contributed by atoms with Gasteiger partial charge in [0.1, 0.15) is 11.5 Å². The highest BCUT2D eigenvalue weighted by atomic mass is 32.2. The second-order valence-corrected chi connectivity index (χ2v) is 8.06. The summed E-state index contributed by atoms with van der Waals surface area (Å²) in [5.74, 6) is 2.73. The largest absolute Gasteiger partial charge is 0.497 e. The molecule has 10 nitrogen and oxygen atoms in total. The molecule has 0 saturated heterocycles. The van der Waals surface area contributed by atoms with E-state index in [1.807, 2.05) is 60.0 Å². The first kappa shape index (κ1) is 23.3. The van der Waals surface area contributed by atoms with Gasteiger partial charge >= 0.3 is 0 Å². The zero-order valence-corrected chi connectivity index (χ0v) is 19.8. The molecule has 4 rings (SSSR count). The zero-order chi connectivity index (χ0) is 23.9. The highest BCUT2D eigenvalue weighted by Gasteiger charge is 2.20. The van der Waals surface area contributed by atoms with Crippen molar-refractivity contribution in [2.24, 2.45) is 0 Å². The Labute approximate surface area is 200 Å². The molecule has 34 heavy (non-hydrogen) atoms. The number of aromatic nitrogens is 5. The van der Waals surface area contributed by atoms with Crippen LogP contribution >= 0.6 is 11.8 Å². The first-order chi connectivity index (χ1) is 16.6. The third kappa shape index (κ3) is 5.37. The van der Waals surface area contributed by atoms with Gasteiger partial charge < -0.3 is 19.3 Å². The van der Waals surface area contributed by atoms with Crippen molar-refractivity contribution in [1.29, 1.82) is 0 Å². The minimum absolute atomic E-state index is 0.111. The summed E-state index contributed by atoms with van der Waals surface area (Å²) < 4.78 is 17.7. The summed E-state index contributed by atoms with van der Waals surface area (Å²) in [6, 6.07) is 14.9. The fourth-order valence-corrected chi connectivity index (χ4v) is 4.01. The Bertz CT molecular complexity index is 1250. The summed E-state index contributed by atoms with van der Waals surface area (Å²) in [6.07, 6.45) is 0. The molecule has 0 saturated carbocycles. The lowest BCUT2D eigenvalue weighted by Crippen LogP contribution is -2.24. The molecule has 1 N–H and O–H groups in total. The molecule has 0 unspecified atom stereocenters. The van der Waals surface area contributed by atoms with Crippen LogP contribution in [0.3, 0.4) is 0 Å². The first-order valence-corrected chi connectivity index (χ1v) is 11.5. The van der Waals surface area contributed by atoms with E-state index in [1.165, 1.54) is 11.8 Å². The van der Waals surface area contributed by atoms with Crippen LogP contribution in [0.2, 0.25) is 0 Å². The van der Waals surface area contributed by atoms with E-state index >= 15 is 0 Å². The maximum atomic E-state index is 12.4. The smallest absolute Gasteiger partial charge is 0.296 e. The maximum absolute atomic E-state index is 12.4. The molecule has 0 fully saturated rings. The summed E-state index contributed by atoms with van der Waals surface area (Å²) in [4.78, 5) is 16.8. The van der Waals surface area contributed by atoms with Crippen molar-refractivity contribution in [2.75, 3.05) is 20.0 Å². The number of thioether (sulfide) groups is 1. The summed E-state index contributed by atoms with van der Waals surface area (Å²) in [5, 5.41) is 16.0. The Balaban J connectivity index is 1.39. The molecule has 0 bridgehead atoms. The van der Waals surface area contributed by atoms with Crippen LogP contribution < -0.4 is 14.8 Å². The van der Waals surface area contributed by atoms with Gasteiger partial charge in [-0.2, -0.15) is 4.98 Å². The van der Waals surface area contributed by atoms with Crippen molar-refractivity contribution in [3.63, 3.8) is 0 Å². The predicted octanol–water partition coefficient (Wildman–Crippen LogP) is 3.44. The van der Waals surface area contributed by atoms with E-state index < -0.39 is 0 Å². The molecule has 11 heteroatoms. The van der Waals surface area contributed by atoms with Crippen molar-refractivity contribution in [3.8, 4) is 34.6 Å². The average Bonchev–Trinajstić information content (AvgIpc) is 3.53. The third-order valence-electron chi connectivity index (χ3n) is 4.95. The number of nitrogens with one attached hydrogen (secondary N) is 1. The van der Waals surface area contributed by atoms with Crippen LogP contribution in [0.25, 0.3) is 23.1 Å². The van der Waals surface area contributed by atoms with Gasteiger partial charge in [0.25, 0.3) is 5.89 Å². The average molecular weight is 481 g/mol. The highest BCUT2D eigenvalue weighted by molar-refractivity contribution is 7.99. The highest BCUT2D eigenvalue weighted by Crippen LogP contribution is 2.26. The molecular formula is C23H24N6O4S. The first-order valence-electron chi connectivity index (χ1n) is 10.6. The molecule has 0 atom stereocenters. The van der Waals surface area contributed by atoms with E-state index in [2.05, 4.69) is 25.7 Å². The third-order valence-corrected chi connectivity index (χ3v) is 5.92.